The van der Waals surface area contributed by atoms with Crippen molar-refractivity contribution in [1.29, 1.82) is 0 Å². The summed E-state index contributed by atoms with van der Waals surface area (Å²) in [6, 6.07) is 25.3. The number of rotatable bonds is 25. The maximum absolute atomic E-state index is 15.2. The number of ether oxygens (including phenoxy) is 9. The highest BCUT2D eigenvalue weighted by atomic mass is 16.8. The normalized spacial score (nSPS) is 23.9. The molecular weight excluding hydrogens is 949 g/mol. The van der Waals surface area contributed by atoms with Crippen LogP contribution in [0.25, 0.3) is 0 Å². The van der Waals surface area contributed by atoms with Crippen LogP contribution in [0.5, 0.6) is 34.5 Å². The molecule has 394 valence electrons. The Morgan fingerprint density at radius 1 is 0.892 bits per heavy atom. The minimum atomic E-state index is -1.58. The number of hydrogen-bond acceptors (Lipinski definition) is 15. The summed E-state index contributed by atoms with van der Waals surface area (Å²) in [5.74, 6) is 0.464. The minimum absolute atomic E-state index is 0.0147. The standard InChI is InChI=1S/C58H68N2O14/c1-3-26-71-58-53(60(35-40-18-21-51-52(30-40)70-38-69-51)57(64)68-29-28-66-37-39-13-5-4-6-14-39)34-48(59-74-54-17-9-12-27-67-54)46-32-41(15-7-10-24-61)45(16-8-11-25-62)55(56(46)58)47-33-44(20-23-50(47)73-58)72-43-19-22-49(65-2)42(31-43)36-63/h3-6,13-14,18-23,30-33,36,41,45,53-56,61-62H,1,7-12,15-17,24-29,34-35,37-38H2,2H3/t41-,45+,53-,54?,55+,56+,58+/m0/s1. The molecule has 74 heavy (non-hydrogen) atoms. The van der Waals surface area contributed by atoms with Crippen LogP contribution in [0.3, 0.4) is 0 Å². The Morgan fingerprint density at radius 3 is 2.47 bits per heavy atom. The molecule has 1 unspecified atom stereocenters. The molecule has 9 rings (SSSR count). The van der Waals surface area contributed by atoms with E-state index in [0.717, 1.165) is 67.1 Å². The van der Waals surface area contributed by atoms with E-state index in [4.69, 9.17) is 52.6 Å². The van der Waals surface area contributed by atoms with Gasteiger partial charge < -0.3 is 57.7 Å². The molecule has 16 nitrogen and oxygen atoms in total. The Balaban J connectivity index is 1.19. The van der Waals surface area contributed by atoms with Gasteiger partial charge in [0.1, 0.15) is 35.6 Å². The number of aliphatic hydroxyl groups excluding tert-OH is 2. The Hall–Kier alpha value is -6.43. The summed E-state index contributed by atoms with van der Waals surface area (Å²) in [6.45, 7) is 5.41. The van der Waals surface area contributed by atoms with Gasteiger partial charge in [-0.15, -0.1) is 6.58 Å². The number of carbonyl (C=O) groups is 2. The second-order valence-corrected chi connectivity index (χ2v) is 19.3. The number of benzene rings is 4. The Morgan fingerprint density at radius 2 is 1.69 bits per heavy atom. The first-order chi connectivity index (χ1) is 36.4. The first-order valence-electron chi connectivity index (χ1n) is 26.0. The van der Waals surface area contributed by atoms with Crippen LogP contribution in [-0.2, 0) is 36.9 Å². The lowest BCUT2D eigenvalue weighted by molar-refractivity contribution is -0.256. The molecule has 0 aromatic heterocycles. The summed E-state index contributed by atoms with van der Waals surface area (Å²) < 4.78 is 56.4. The highest BCUT2D eigenvalue weighted by molar-refractivity contribution is 6.03. The molecule has 1 saturated carbocycles. The number of aliphatic hydroxyl groups is 2. The van der Waals surface area contributed by atoms with Crippen molar-refractivity contribution in [3.05, 3.63) is 131 Å². The summed E-state index contributed by atoms with van der Waals surface area (Å²) in [5.41, 5.74) is 4.43. The number of unbranched alkanes of at least 4 members (excludes halogenated alkanes) is 2. The molecule has 7 atom stereocenters. The average molecular weight is 1020 g/mol. The molecule has 0 spiro atoms. The van der Waals surface area contributed by atoms with Gasteiger partial charge in [-0.3, -0.25) is 9.69 Å². The van der Waals surface area contributed by atoms with Crippen LogP contribution in [0.2, 0.25) is 0 Å². The zero-order valence-electron chi connectivity index (χ0n) is 42.1. The van der Waals surface area contributed by atoms with E-state index in [1.165, 1.54) is 7.11 Å². The summed E-state index contributed by atoms with van der Waals surface area (Å²) in [5, 5.41) is 25.2. The van der Waals surface area contributed by atoms with Gasteiger partial charge in [-0.25, -0.2) is 4.79 Å². The van der Waals surface area contributed by atoms with Crippen LogP contribution in [-0.4, -0.2) is 105 Å². The fourth-order valence-corrected chi connectivity index (χ4v) is 11.2. The second-order valence-electron chi connectivity index (χ2n) is 19.3. The Bertz CT molecular complexity index is 2600. The van der Waals surface area contributed by atoms with Crippen molar-refractivity contribution in [2.24, 2.45) is 22.9 Å². The van der Waals surface area contributed by atoms with Crippen LogP contribution in [0.1, 0.15) is 97.2 Å². The molecule has 2 N–H and O–H groups in total. The number of fused-ring (bicyclic) bond motifs is 3. The van der Waals surface area contributed by atoms with E-state index in [-0.39, 0.29) is 70.5 Å². The van der Waals surface area contributed by atoms with Crippen molar-refractivity contribution >= 4 is 18.1 Å². The molecular formula is C58H68N2O14. The van der Waals surface area contributed by atoms with Crippen molar-refractivity contribution in [2.45, 2.75) is 101 Å². The molecule has 3 heterocycles. The number of allylic oxidation sites excluding steroid dienone is 1. The van der Waals surface area contributed by atoms with E-state index in [0.29, 0.717) is 78.2 Å². The number of aldehydes is 1. The lowest BCUT2D eigenvalue weighted by Gasteiger charge is -2.59. The predicted octanol–water partition coefficient (Wildman–Crippen LogP) is 10.0. The maximum Gasteiger partial charge on any atom is 0.410 e. The second kappa shape index (κ2) is 25.2. The van der Waals surface area contributed by atoms with Gasteiger partial charge in [0.15, 0.2) is 17.8 Å². The highest BCUT2D eigenvalue weighted by Gasteiger charge is 2.66. The summed E-state index contributed by atoms with van der Waals surface area (Å²) in [4.78, 5) is 35.3. The molecule has 3 aliphatic heterocycles. The largest absolute Gasteiger partial charge is 0.496 e. The first-order valence-corrected chi connectivity index (χ1v) is 26.0. The molecule has 1 amide bonds. The van der Waals surface area contributed by atoms with Gasteiger partial charge in [-0.1, -0.05) is 66.5 Å². The quantitative estimate of drug-likeness (QED) is 0.0277. The smallest absolute Gasteiger partial charge is 0.410 e. The van der Waals surface area contributed by atoms with Crippen LogP contribution in [0, 0.1) is 17.8 Å². The minimum Gasteiger partial charge on any atom is -0.496 e. The molecule has 1 saturated heterocycles. The van der Waals surface area contributed by atoms with Crippen LogP contribution >= 0.6 is 0 Å². The van der Waals surface area contributed by atoms with Gasteiger partial charge in [-0.05, 0) is 116 Å². The van der Waals surface area contributed by atoms with Gasteiger partial charge in [0.25, 0.3) is 0 Å². The predicted molar refractivity (Wildman–Crippen MR) is 274 cm³/mol. The zero-order chi connectivity index (χ0) is 51.3. The van der Waals surface area contributed by atoms with Crippen molar-refractivity contribution in [2.75, 3.05) is 53.5 Å². The fourth-order valence-electron chi connectivity index (χ4n) is 11.2. The van der Waals surface area contributed by atoms with Gasteiger partial charge in [0.05, 0.1) is 50.7 Å². The lowest BCUT2D eigenvalue weighted by Crippen LogP contribution is -2.70. The van der Waals surface area contributed by atoms with E-state index in [1.807, 2.05) is 66.7 Å². The molecule has 16 heteroatoms. The fraction of sp³-hybridized carbons (Fsp3) is 0.466. The number of hydrogen-bond donors (Lipinski definition) is 2. The molecule has 4 aromatic rings. The summed E-state index contributed by atoms with van der Waals surface area (Å²) in [7, 11) is 1.51. The van der Waals surface area contributed by atoms with Crippen molar-refractivity contribution in [3.63, 3.8) is 0 Å². The zero-order valence-corrected chi connectivity index (χ0v) is 42.1. The van der Waals surface area contributed by atoms with E-state index < -0.39 is 30.1 Å². The van der Waals surface area contributed by atoms with Crippen molar-refractivity contribution in [1.82, 2.24) is 4.90 Å². The van der Waals surface area contributed by atoms with E-state index in [9.17, 15) is 15.0 Å². The summed E-state index contributed by atoms with van der Waals surface area (Å²) >= 11 is 0. The third kappa shape index (κ3) is 11.9. The number of carbonyl (C=O) groups excluding carboxylic acids is 2. The van der Waals surface area contributed by atoms with Gasteiger partial charge in [0.2, 0.25) is 18.9 Å². The maximum atomic E-state index is 15.2. The topological polar surface area (TPSA) is 182 Å². The van der Waals surface area contributed by atoms with E-state index in [1.54, 1.807) is 29.2 Å². The SMILES string of the molecule is C=CCO[C@@]12Oc3ccc(Oc4ccc(OC)c(C=O)c4)cc3[C@H]3[C@H](CCCCO)[C@@H](CCCCO)C=C(C(=NOC4CCCCO4)C[C@@H]1N(Cc1ccc4c(c1)OCO4)C(=O)OCCOCc1ccccc1)[C@H]32. The molecule has 2 aliphatic carbocycles. The Labute approximate surface area is 432 Å². The number of methoxy groups -OCH3 is 1. The number of oxime groups is 1. The molecule has 2 fully saturated rings. The molecule has 4 aromatic carbocycles. The van der Waals surface area contributed by atoms with Crippen LogP contribution in [0.15, 0.2) is 114 Å². The number of nitrogens with zero attached hydrogens (tertiary/aromatic N) is 2. The van der Waals surface area contributed by atoms with Gasteiger partial charge >= 0.3 is 6.09 Å². The lowest BCUT2D eigenvalue weighted by atomic mass is 9.55. The molecule has 5 aliphatic rings. The van der Waals surface area contributed by atoms with Crippen molar-refractivity contribution in [3.8, 4) is 34.5 Å². The van der Waals surface area contributed by atoms with Crippen LogP contribution in [0.4, 0.5) is 4.79 Å². The number of amides is 1. The first kappa shape index (κ1) is 52.4. The van der Waals surface area contributed by atoms with E-state index >= 15 is 4.79 Å². The van der Waals surface area contributed by atoms with Gasteiger partial charge in [-0.2, -0.15) is 0 Å². The average Bonchev–Trinajstić information content (AvgIpc) is 3.91. The molecule has 0 bridgehead atoms. The highest BCUT2D eigenvalue weighted by Crippen LogP contribution is 2.62. The van der Waals surface area contributed by atoms with Gasteiger partial charge in [0, 0.05) is 44.1 Å². The van der Waals surface area contributed by atoms with E-state index in [2.05, 4.69) is 12.7 Å². The van der Waals surface area contributed by atoms with Crippen molar-refractivity contribution < 1.29 is 67.3 Å². The van der Waals surface area contributed by atoms with Crippen LogP contribution < -0.4 is 23.7 Å². The monoisotopic (exact) mass is 1020 g/mol. The third-order valence-corrected chi connectivity index (χ3v) is 14.6. The molecule has 0 radical (unpaired) electrons. The Kier molecular flexibility index (Phi) is 17.9. The third-order valence-electron chi connectivity index (χ3n) is 14.6. The summed E-state index contributed by atoms with van der Waals surface area (Å²) in [6.07, 6.45) is 10.4.